The van der Waals surface area contributed by atoms with E-state index in [1.807, 2.05) is 19.1 Å². The number of aromatic nitrogens is 2. The smallest absolute Gasteiger partial charge is 0.122 e. The van der Waals surface area contributed by atoms with Crippen LogP contribution in [0.15, 0.2) is 34.3 Å². The van der Waals surface area contributed by atoms with Gasteiger partial charge in [0.05, 0.1) is 27.6 Å². The van der Waals surface area contributed by atoms with E-state index in [-0.39, 0.29) is 6.04 Å². The van der Waals surface area contributed by atoms with Crippen molar-refractivity contribution in [2.24, 2.45) is 11.5 Å². The summed E-state index contributed by atoms with van der Waals surface area (Å²) in [6.07, 6.45) is 2.37. The van der Waals surface area contributed by atoms with Crippen molar-refractivity contribution in [1.29, 1.82) is 0 Å². The highest BCUT2D eigenvalue weighted by Crippen LogP contribution is 2.37. The van der Waals surface area contributed by atoms with Crippen LogP contribution < -0.4 is 11.5 Å². The van der Waals surface area contributed by atoms with Crippen LogP contribution in [0.5, 0.6) is 0 Å². The van der Waals surface area contributed by atoms with Crippen LogP contribution in [0.3, 0.4) is 0 Å². The van der Waals surface area contributed by atoms with Crippen molar-refractivity contribution in [3.8, 4) is 0 Å². The molecule has 1 atom stereocenters. The van der Waals surface area contributed by atoms with Gasteiger partial charge in [0, 0.05) is 10.9 Å². The van der Waals surface area contributed by atoms with Gasteiger partial charge in [-0.05, 0) is 32.0 Å². The Morgan fingerprint density at radius 2 is 2.10 bits per heavy atom. The number of halogens is 2. The maximum atomic E-state index is 6.18. The summed E-state index contributed by atoms with van der Waals surface area (Å²) in [5.74, 6) is 0. The first-order chi connectivity index (χ1) is 10.0. The molecule has 112 valence electrons. The minimum Gasteiger partial charge on any atom is -0.330 e. The average Bonchev–Trinajstić information content (AvgIpc) is 2.46. The Balaban J connectivity index is 2.23. The van der Waals surface area contributed by atoms with Crippen molar-refractivity contribution in [3.05, 3.63) is 45.8 Å². The lowest BCUT2D eigenvalue weighted by Crippen LogP contribution is -2.17. The first kappa shape index (κ1) is 16.5. The van der Waals surface area contributed by atoms with E-state index >= 15 is 0 Å². The van der Waals surface area contributed by atoms with E-state index in [2.05, 4.69) is 9.97 Å². The van der Waals surface area contributed by atoms with Crippen LogP contribution in [-0.4, -0.2) is 16.5 Å². The molecular formula is C14H16Cl2N4S. The predicted octanol–water partition coefficient (Wildman–Crippen LogP) is 3.59. The molecule has 1 aromatic heterocycles. The third-order valence-corrected chi connectivity index (χ3v) is 4.99. The van der Waals surface area contributed by atoms with Gasteiger partial charge in [-0.3, -0.25) is 4.98 Å². The van der Waals surface area contributed by atoms with Gasteiger partial charge in [-0.1, -0.05) is 41.0 Å². The van der Waals surface area contributed by atoms with Gasteiger partial charge in [0.15, 0.2) is 0 Å². The van der Waals surface area contributed by atoms with Crippen molar-refractivity contribution in [2.45, 2.75) is 29.3 Å². The van der Waals surface area contributed by atoms with Crippen molar-refractivity contribution >= 4 is 35.0 Å². The van der Waals surface area contributed by atoms with Crippen LogP contribution in [0.4, 0.5) is 0 Å². The molecule has 21 heavy (non-hydrogen) atoms. The van der Waals surface area contributed by atoms with Gasteiger partial charge in [0.2, 0.25) is 0 Å². The van der Waals surface area contributed by atoms with Crippen LogP contribution in [-0.2, 0) is 0 Å². The minimum absolute atomic E-state index is 0.185. The molecule has 4 nitrogen and oxygen atoms in total. The Morgan fingerprint density at radius 1 is 1.33 bits per heavy atom. The predicted molar refractivity (Wildman–Crippen MR) is 88.0 cm³/mol. The summed E-state index contributed by atoms with van der Waals surface area (Å²) in [5, 5.41) is 1.83. The van der Waals surface area contributed by atoms with Gasteiger partial charge < -0.3 is 11.5 Å². The second-order valence-electron chi connectivity index (χ2n) is 4.52. The molecule has 0 bridgehead atoms. The molecular weight excluding hydrogens is 327 g/mol. The molecule has 0 aliphatic carbocycles. The molecule has 0 aliphatic rings. The monoisotopic (exact) mass is 342 g/mol. The molecule has 0 spiro atoms. The molecule has 0 fully saturated rings. The lowest BCUT2D eigenvalue weighted by atomic mass is 10.1. The van der Waals surface area contributed by atoms with Crippen LogP contribution in [0.2, 0.25) is 10.0 Å². The summed E-state index contributed by atoms with van der Waals surface area (Å²) in [7, 11) is 0. The highest BCUT2D eigenvalue weighted by Gasteiger charge is 2.13. The van der Waals surface area contributed by atoms with E-state index in [0.717, 1.165) is 21.3 Å². The van der Waals surface area contributed by atoms with Crippen LogP contribution in [0.1, 0.15) is 23.9 Å². The second kappa shape index (κ2) is 7.42. The molecule has 0 radical (unpaired) electrons. The molecule has 2 rings (SSSR count). The molecule has 0 aliphatic heterocycles. The zero-order valence-corrected chi connectivity index (χ0v) is 13.8. The van der Waals surface area contributed by atoms with Gasteiger partial charge in [-0.2, -0.15) is 0 Å². The van der Waals surface area contributed by atoms with Crippen molar-refractivity contribution in [1.82, 2.24) is 9.97 Å². The van der Waals surface area contributed by atoms with Gasteiger partial charge in [-0.15, -0.1) is 0 Å². The van der Waals surface area contributed by atoms with E-state index in [0.29, 0.717) is 23.0 Å². The zero-order valence-electron chi connectivity index (χ0n) is 11.5. The minimum atomic E-state index is -0.185. The van der Waals surface area contributed by atoms with E-state index in [1.54, 1.807) is 12.3 Å². The number of hydrogen-bond donors (Lipinski definition) is 2. The molecule has 1 unspecified atom stereocenters. The van der Waals surface area contributed by atoms with Gasteiger partial charge >= 0.3 is 0 Å². The van der Waals surface area contributed by atoms with Crippen LogP contribution in [0, 0.1) is 6.92 Å². The second-order valence-corrected chi connectivity index (χ2v) is 6.34. The van der Waals surface area contributed by atoms with Gasteiger partial charge in [0.25, 0.3) is 0 Å². The standard InChI is InChI=1S/C14H16Cl2N4S/c1-8-14(19-7-11(20-8)10(18)5-6-17)21-12-4-2-3-9(15)13(12)16/h2-4,7,10H,5-6,17-18H2,1H3. The normalized spacial score (nSPS) is 12.4. The van der Waals surface area contributed by atoms with E-state index < -0.39 is 0 Å². The lowest BCUT2D eigenvalue weighted by molar-refractivity contribution is 0.632. The highest BCUT2D eigenvalue weighted by molar-refractivity contribution is 7.99. The Hall–Kier alpha value is -0.850. The molecule has 4 N–H and O–H groups in total. The fraction of sp³-hybridized carbons (Fsp3) is 0.286. The number of hydrogen-bond acceptors (Lipinski definition) is 5. The highest BCUT2D eigenvalue weighted by atomic mass is 35.5. The fourth-order valence-corrected chi connectivity index (χ4v) is 3.09. The number of nitrogens with two attached hydrogens (primary N) is 2. The number of benzene rings is 1. The summed E-state index contributed by atoms with van der Waals surface area (Å²) in [4.78, 5) is 9.77. The van der Waals surface area contributed by atoms with Crippen LogP contribution >= 0.6 is 35.0 Å². The topological polar surface area (TPSA) is 77.8 Å². The molecule has 0 saturated carbocycles. The van der Waals surface area contributed by atoms with Gasteiger partial charge in [0.1, 0.15) is 5.03 Å². The molecule has 1 heterocycles. The van der Waals surface area contributed by atoms with Gasteiger partial charge in [-0.25, -0.2) is 4.98 Å². The summed E-state index contributed by atoms with van der Waals surface area (Å²) in [6.45, 7) is 2.42. The zero-order chi connectivity index (χ0) is 15.4. The molecule has 1 aromatic carbocycles. The van der Waals surface area contributed by atoms with Crippen molar-refractivity contribution in [2.75, 3.05) is 6.54 Å². The molecule has 0 saturated heterocycles. The Labute approximate surface area is 138 Å². The first-order valence-electron chi connectivity index (χ1n) is 6.44. The van der Waals surface area contributed by atoms with E-state index in [9.17, 15) is 0 Å². The number of rotatable bonds is 5. The summed E-state index contributed by atoms with van der Waals surface area (Å²) >= 11 is 13.6. The maximum absolute atomic E-state index is 6.18. The Bertz CT molecular complexity index is 636. The lowest BCUT2D eigenvalue weighted by Gasteiger charge is -2.12. The third-order valence-electron chi connectivity index (χ3n) is 2.90. The quantitative estimate of drug-likeness (QED) is 0.867. The molecule has 2 aromatic rings. The van der Waals surface area contributed by atoms with Crippen LogP contribution in [0.25, 0.3) is 0 Å². The Morgan fingerprint density at radius 3 is 2.76 bits per heavy atom. The summed E-state index contributed by atoms with van der Waals surface area (Å²) < 4.78 is 0. The average molecular weight is 343 g/mol. The fourth-order valence-electron chi connectivity index (χ4n) is 1.76. The van der Waals surface area contributed by atoms with Crippen molar-refractivity contribution in [3.63, 3.8) is 0 Å². The molecule has 7 heteroatoms. The van der Waals surface area contributed by atoms with Crippen molar-refractivity contribution < 1.29 is 0 Å². The SMILES string of the molecule is Cc1nc(C(N)CCN)cnc1Sc1cccc(Cl)c1Cl. The largest absolute Gasteiger partial charge is 0.330 e. The Kier molecular flexibility index (Phi) is 5.84. The maximum Gasteiger partial charge on any atom is 0.122 e. The first-order valence-corrected chi connectivity index (χ1v) is 8.01. The molecule has 0 amide bonds. The summed E-state index contributed by atoms with van der Waals surface area (Å²) in [5.41, 5.74) is 13.1. The number of aryl methyl sites for hydroxylation is 1. The van der Waals surface area contributed by atoms with E-state index in [4.69, 9.17) is 34.7 Å². The number of nitrogens with zero attached hydrogens (tertiary/aromatic N) is 2. The third kappa shape index (κ3) is 4.08. The van der Waals surface area contributed by atoms with E-state index in [1.165, 1.54) is 11.8 Å². The summed E-state index contributed by atoms with van der Waals surface area (Å²) in [6, 6.07) is 5.32.